The van der Waals surface area contributed by atoms with Crippen LogP contribution in [0.25, 0.3) is 0 Å². The third kappa shape index (κ3) is 4.87. The van der Waals surface area contributed by atoms with Gasteiger partial charge < -0.3 is 19.1 Å². The maximum absolute atomic E-state index is 13.4. The Hall–Kier alpha value is -3.82. The smallest absolute Gasteiger partial charge is 0.415 e. The van der Waals surface area contributed by atoms with E-state index in [1.54, 1.807) is 36.2 Å². The molecule has 186 valence electrons. The fourth-order valence-electron chi connectivity index (χ4n) is 4.09. The molecule has 2 aliphatic rings. The lowest BCUT2D eigenvalue weighted by atomic mass is 10.0. The quantitative estimate of drug-likeness (QED) is 0.636. The van der Waals surface area contributed by atoms with Crippen molar-refractivity contribution in [3.63, 3.8) is 0 Å². The second-order valence-electron chi connectivity index (χ2n) is 9.69. The van der Waals surface area contributed by atoms with E-state index < -0.39 is 17.8 Å². The predicted molar refractivity (Wildman–Crippen MR) is 129 cm³/mol. The molecule has 0 aliphatic carbocycles. The highest BCUT2D eigenvalue weighted by molar-refractivity contribution is 6.10. The number of anilines is 2. The van der Waals surface area contributed by atoms with Crippen molar-refractivity contribution in [2.24, 2.45) is 0 Å². The van der Waals surface area contributed by atoms with Gasteiger partial charge in [0.15, 0.2) is 0 Å². The number of aromatic nitrogens is 1. The van der Waals surface area contributed by atoms with Crippen LogP contribution in [0.2, 0.25) is 0 Å². The van der Waals surface area contributed by atoms with Gasteiger partial charge in [-0.15, -0.1) is 0 Å². The van der Waals surface area contributed by atoms with E-state index in [-0.39, 0.29) is 31.6 Å². The number of rotatable bonds is 5. The average Bonchev–Trinajstić information content (AvgIpc) is 3.31. The van der Waals surface area contributed by atoms with Gasteiger partial charge in [0.05, 0.1) is 19.7 Å². The number of methoxy groups -OCH3 is 1. The summed E-state index contributed by atoms with van der Waals surface area (Å²) >= 11 is 0. The fraction of sp³-hybridized carbons (Fsp3) is 0.440. The minimum atomic E-state index is -0.621. The average molecular weight is 483 g/mol. The first-order chi connectivity index (χ1) is 16.5. The first kappa shape index (κ1) is 24.3. The van der Waals surface area contributed by atoms with E-state index in [9.17, 15) is 14.4 Å². The second-order valence-corrected chi connectivity index (χ2v) is 9.69. The molecular formula is C25H30N4O6. The first-order valence-electron chi connectivity index (χ1n) is 11.4. The van der Waals surface area contributed by atoms with Gasteiger partial charge in [-0.1, -0.05) is 6.07 Å². The molecule has 0 unspecified atom stereocenters. The van der Waals surface area contributed by atoms with Gasteiger partial charge in [0.1, 0.15) is 29.6 Å². The molecular weight excluding hydrogens is 452 g/mol. The van der Waals surface area contributed by atoms with Crippen LogP contribution in [0.1, 0.15) is 49.2 Å². The van der Waals surface area contributed by atoms with Gasteiger partial charge in [0, 0.05) is 19.2 Å². The molecule has 0 bridgehead atoms. The standard InChI is InChI=1S/C25H30N4O6/c1-15-14-34-24(32)29(15)21-9-7-8-20(26-21)28-13-19-16(10-17(33-6)11-18(19)22(28)30)12-27(5)23(31)35-25(2,3)4/h7-11,15H,12-14H2,1-6H3/t15-/m0/s1. The van der Waals surface area contributed by atoms with E-state index in [2.05, 4.69) is 4.98 Å². The van der Waals surface area contributed by atoms with Crippen molar-refractivity contribution in [3.8, 4) is 5.75 Å². The lowest BCUT2D eigenvalue weighted by molar-refractivity contribution is 0.0284. The third-order valence-corrected chi connectivity index (χ3v) is 5.78. The summed E-state index contributed by atoms with van der Waals surface area (Å²) in [5.74, 6) is 1.12. The van der Waals surface area contributed by atoms with E-state index in [4.69, 9.17) is 14.2 Å². The SMILES string of the molecule is COc1cc(CN(C)C(=O)OC(C)(C)C)c2c(c1)C(=O)N(c1cccc(N3C(=O)OC[C@@H]3C)n1)C2. The Morgan fingerprint density at radius 2 is 1.94 bits per heavy atom. The van der Waals surface area contributed by atoms with Crippen molar-refractivity contribution in [1.29, 1.82) is 0 Å². The molecule has 1 aromatic carbocycles. The summed E-state index contributed by atoms with van der Waals surface area (Å²) in [7, 11) is 3.18. The van der Waals surface area contributed by atoms with E-state index >= 15 is 0 Å². The first-order valence-corrected chi connectivity index (χ1v) is 11.4. The van der Waals surface area contributed by atoms with Gasteiger partial charge in [-0.05, 0) is 63.1 Å². The highest BCUT2D eigenvalue weighted by Crippen LogP contribution is 2.34. The second kappa shape index (κ2) is 9.09. The van der Waals surface area contributed by atoms with Crippen LogP contribution >= 0.6 is 0 Å². The number of amides is 3. The Morgan fingerprint density at radius 3 is 2.57 bits per heavy atom. The van der Waals surface area contributed by atoms with Crippen molar-refractivity contribution < 1.29 is 28.6 Å². The molecule has 35 heavy (non-hydrogen) atoms. The molecule has 1 fully saturated rings. The monoisotopic (exact) mass is 482 g/mol. The lowest BCUT2D eigenvalue weighted by Gasteiger charge is -2.25. The minimum absolute atomic E-state index is 0.156. The Morgan fingerprint density at radius 1 is 1.23 bits per heavy atom. The van der Waals surface area contributed by atoms with Crippen molar-refractivity contribution in [1.82, 2.24) is 9.88 Å². The van der Waals surface area contributed by atoms with Crippen molar-refractivity contribution in [2.75, 3.05) is 30.6 Å². The number of hydrogen-bond donors (Lipinski definition) is 0. The zero-order valence-corrected chi connectivity index (χ0v) is 20.8. The van der Waals surface area contributed by atoms with Crippen LogP contribution in [-0.2, 0) is 22.6 Å². The van der Waals surface area contributed by atoms with E-state index in [0.29, 0.717) is 22.9 Å². The van der Waals surface area contributed by atoms with Crippen molar-refractivity contribution in [2.45, 2.75) is 52.4 Å². The Kier molecular flexibility index (Phi) is 6.31. The third-order valence-electron chi connectivity index (χ3n) is 5.78. The number of carbonyl (C=O) groups is 3. The molecule has 0 N–H and O–H groups in total. The van der Waals surface area contributed by atoms with Crippen LogP contribution in [0.4, 0.5) is 21.2 Å². The molecule has 4 rings (SSSR count). The summed E-state index contributed by atoms with van der Waals surface area (Å²) in [5, 5.41) is 0. The number of fused-ring (bicyclic) bond motifs is 1. The normalized spacial score (nSPS) is 17.4. The summed E-state index contributed by atoms with van der Waals surface area (Å²) in [6.07, 6.45) is -0.924. The fourth-order valence-corrected chi connectivity index (χ4v) is 4.09. The van der Waals surface area contributed by atoms with Gasteiger partial charge in [0.25, 0.3) is 5.91 Å². The van der Waals surface area contributed by atoms with E-state index in [1.165, 1.54) is 16.9 Å². The molecule has 10 heteroatoms. The Bertz CT molecular complexity index is 1180. The molecule has 10 nitrogen and oxygen atoms in total. The zero-order chi connectivity index (χ0) is 25.5. The topological polar surface area (TPSA) is 102 Å². The number of hydrogen-bond acceptors (Lipinski definition) is 7. The van der Waals surface area contributed by atoms with Gasteiger partial charge in [-0.3, -0.25) is 14.6 Å². The van der Waals surface area contributed by atoms with Gasteiger partial charge in [-0.25, -0.2) is 14.6 Å². The molecule has 1 aromatic heterocycles. The summed E-state index contributed by atoms with van der Waals surface area (Å²) in [5.41, 5.74) is 1.42. The molecule has 1 saturated heterocycles. The van der Waals surface area contributed by atoms with E-state index in [0.717, 1.165) is 11.1 Å². The summed E-state index contributed by atoms with van der Waals surface area (Å²) in [6, 6.07) is 8.55. The number of carbonyl (C=O) groups excluding carboxylic acids is 3. The zero-order valence-electron chi connectivity index (χ0n) is 20.8. The molecule has 2 aromatic rings. The lowest BCUT2D eigenvalue weighted by Crippen LogP contribution is -2.34. The molecule has 1 atom stereocenters. The van der Waals surface area contributed by atoms with Gasteiger partial charge in [0.2, 0.25) is 0 Å². The molecule has 0 saturated carbocycles. The van der Waals surface area contributed by atoms with Gasteiger partial charge >= 0.3 is 12.2 Å². The molecule has 0 radical (unpaired) electrons. The summed E-state index contributed by atoms with van der Waals surface area (Å²) in [4.78, 5) is 47.2. The number of pyridine rings is 1. The number of nitrogens with zero attached hydrogens (tertiary/aromatic N) is 4. The largest absolute Gasteiger partial charge is 0.497 e. The van der Waals surface area contributed by atoms with Crippen LogP contribution in [-0.4, -0.2) is 60.4 Å². The molecule has 3 amide bonds. The number of ether oxygens (including phenoxy) is 3. The highest BCUT2D eigenvalue weighted by atomic mass is 16.6. The minimum Gasteiger partial charge on any atom is -0.497 e. The van der Waals surface area contributed by atoms with Crippen molar-refractivity contribution in [3.05, 3.63) is 47.0 Å². The van der Waals surface area contributed by atoms with Crippen LogP contribution in [0.5, 0.6) is 5.75 Å². The maximum atomic E-state index is 13.4. The molecule has 0 spiro atoms. The van der Waals surface area contributed by atoms with Crippen LogP contribution in [0.3, 0.4) is 0 Å². The van der Waals surface area contributed by atoms with Gasteiger partial charge in [-0.2, -0.15) is 0 Å². The number of benzene rings is 1. The summed E-state index contributed by atoms with van der Waals surface area (Å²) in [6.45, 7) is 8.09. The van der Waals surface area contributed by atoms with Crippen LogP contribution in [0, 0.1) is 0 Å². The molecule has 2 aliphatic heterocycles. The maximum Gasteiger partial charge on any atom is 0.415 e. The van der Waals surface area contributed by atoms with Crippen molar-refractivity contribution >= 4 is 29.7 Å². The van der Waals surface area contributed by atoms with E-state index in [1.807, 2.05) is 33.8 Å². The Balaban J connectivity index is 1.63. The molecule has 3 heterocycles. The Labute approximate surface area is 204 Å². The van der Waals surface area contributed by atoms with Crippen LogP contribution < -0.4 is 14.5 Å². The highest BCUT2D eigenvalue weighted by Gasteiger charge is 2.35. The number of cyclic esters (lactones) is 1. The summed E-state index contributed by atoms with van der Waals surface area (Å²) < 4.78 is 16.0. The predicted octanol–water partition coefficient (Wildman–Crippen LogP) is 3.96. The van der Waals surface area contributed by atoms with Crippen LogP contribution in [0.15, 0.2) is 30.3 Å².